The predicted molar refractivity (Wildman–Crippen MR) is 94.1 cm³/mol. The maximum atomic E-state index is 11.9. The first kappa shape index (κ1) is 16.5. The molecule has 7 nitrogen and oxygen atoms in total. The Bertz CT molecular complexity index is 842. The Morgan fingerprint density at radius 2 is 1.92 bits per heavy atom. The summed E-state index contributed by atoms with van der Waals surface area (Å²) >= 11 is 0. The van der Waals surface area contributed by atoms with Gasteiger partial charge in [-0.15, -0.1) is 0 Å². The molecule has 0 bridgehead atoms. The van der Waals surface area contributed by atoms with E-state index in [-0.39, 0.29) is 12.5 Å². The number of pyridine rings is 1. The van der Waals surface area contributed by atoms with E-state index in [1.807, 2.05) is 38.1 Å². The third kappa shape index (κ3) is 4.81. The molecule has 7 heteroatoms. The van der Waals surface area contributed by atoms with E-state index in [2.05, 4.69) is 20.8 Å². The van der Waals surface area contributed by atoms with Crippen molar-refractivity contribution in [3.05, 3.63) is 60.0 Å². The number of aromatic nitrogens is 2. The van der Waals surface area contributed by atoms with Gasteiger partial charge in [-0.2, -0.15) is 0 Å². The Labute approximate surface area is 145 Å². The van der Waals surface area contributed by atoms with Gasteiger partial charge in [0.15, 0.2) is 12.4 Å². The number of anilines is 3. The minimum Gasteiger partial charge on any atom is -0.484 e. The molecule has 0 unspecified atom stereocenters. The van der Waals surface area contributed by atoms with Crippen LogP contribution < -0.4 is 15.4 Å². The van der Waals surface area contributed by atoms with E-state index in [1.54, 1.807) is 24.4 Å². The van der Waals surface area contributed by atoms with E-state index in [0.29, 0.717) is 23.1 Å². The molecule has 0 atom stereocenters. The molecular formula is C18H18N4O3. The second-order valence-corrected chi connectivity index (χ2v) is 5.53. The molecule has 0 aliphatic rings. The smallest absolute Gasteiger partial charge is 0.263 e. The van der Waals surface area contributed by atoms with Gasteiger partial charge in [-0.3, -0.25) is 4.79 Å². The van der Waals surface area contributed by atoms with Crippen molar-refractivity contribution in [3.8, 4) is 5.75 Å². The largest absolute Gasteiger partial charge is 0.484 e. The van der Waals surface area contributed by atoms with Crippen LogP contribution in [0.15, 0.2) is 53.2 Å². The SMILES string of the molecule is Cc1ccc(OCC(=O)Nc2ccc(Nc3cc(C)on3)cn2)cc1. The van der Waals surface area contributed by atoms with Gasteiger partial charge in [-0.25, -0.2) is 4.98 Å². The van der Waals surface area contributed by atoms with Crippen LogP contribution in [-0.2, 0) is 4.79 Å². The maximum Gasteiger partial charge on any atom is 0.263 e. The molecule has 3 rings (SSSR count). The molecule has 0 spiro atoms. The van der Waals surface area contributed by atoms with Crippen LogP contribution in [-0.4, -0.2) is 22.7 Å². The van der Waals surface area contributed by atoms with Crippen LogP contribution in [0.25, 0.3) is 0 Å². The van der Waals surface area contributed by atoms with Crippen molar-refractivity contribution < 1.29 is 14.1 Å². The van der Waals surface area contributed by atoms with Crippen LogP contribution in [0.2, 0.25) is 0 Å². The molecule has 1 aromatic carbocycles. The van der Waals surface area contributed by atoms with E-state index in [0.717, 1.165) is 11.3 Å². The van der Waals surface area contributed by atoms with Crippen molar-refractivity contribution in [2.75, 3.05) is 17.2 Å². The molecule has 128 valence electrons. The summed E-state index contributed by atoms with van der Waals surface area (Å²) in [5, 5.41) is 9.57. The van der Waals surface area contributed by atoms with Gasteiger partial charge in [0.25, 0.3) is 5.91 Å². The van der Waals surface area contributed by atoms with E-state index in [9.17, 15) is 4.79 Å². The number of hydrogen-bond donors (Lipinski definition) is 2. The summed E-state index contributed by atoms with van der Waals surface area (Å²) in [4.78, 5) is 16.1. The summed E-state index contributed by atoms with van der Waals surface area (Å²) in [5.41, 5.74) is 1.87. The minimum atomic E-state index is -0.277. The van der Waals surface area contributed by atoms with Crippen molar-refractivity contribution in [2.45, 2.75) is 13.8 Å². The van der Waals surface area contributed by atoms with Gasteiger partial charge < -0.3 is 19.9 Å². The van der Waals surface area contributed by atoms with Gasteiger partial charge in [-0.05, 0) is 38.1 Å². The molecule has 0 saturated heterocycles. The van der Waals surface area contributed by atoms with Gasteiger partial charge in [-0.1, -0.05) is 22.9 Å². The first-order valence-corrected chi connectivity index (χ1v) is 7.74. The van der Waals surface area contributed by atoms with Crippen molar-refractivity contribution in [2.24, 2.45) is 0 Å². The summed E-state index contributed by atoms with van der Waals surface area (Å²) < 4.78 is 10.4. The normalized spacial score (nSPS) is 10.3. The van der Waals surface area contributed by atoms with Gasteiger partial charge in [0.2, 0.25) is 0 Å². The lowest BCUT2D eigenvalue weighted by molar-refractivity contribution is -0.118. The van der Waals surface area contributed by atoms with Gasteiger partial charge >= 0.3 is 0 Å². The molecule has 0 aliphatic heterocycles. The van der Waals surface area contributed by atoms with Crippen molar-refractivity contribution >= 4 is 23.2 Å². The highest BCUT2D eigenvalue weighted by Gasteiger charge is 2.06. The Balaban J connectivity index is 1.50. The molecule has 0 radical (unpaired) electrons. The van der Waals surface area contributed by atoms with Crippen LogP contribution in [0.4, 0.5) is 17.3 Å². The van der Waals surface area contributed by atoms with Gasteiger partial charge in [0.05, 0.1) is 11.9 Å². The zero-order chi connectivity index (χ0) is 17.6. The maximum absolute atomic E-state index is 11.9. The van der Waals surface area contributed by atoms with Crippen LogP contribution in [0.1, 0.15) is 11.3 Å². The molecule has 25 heavy (non-hydrogen) atoms. The standard InChI is InChI=1S/C18H18N4O3/c1-12-3-6-15(7-4-12)24-11-18(23)21-16-8-5-14(10-19-16)20-17-9-13(2)25-22-17/h3-10H,11H2,1-2H3,(H,20,22)(H,19,21,23). The van der Waals surface area contributed by atoms with E-state index >= 15 is 0 Å². The number of nitrogens with zero attached hydrogens (tertiary/aromatic N) is 2. The number of carbonyl (C=O) groups excluding carboxylic acids is 1. The van der Waals surface area contributed by atoms with Crippen molar-refractivity contribution in [1.82, 2.24) is 10.1 Å². The fraction of sp³-hybridized carbons (Fsp3) is 0.167. The van der Waals surface area contributed by atoms with E-state index in [1.165, 1.54) is 0 Å². The highest BCUT2D eigenvalue weighted by molar-refractivity contribution is 5.91. The summed E-state index contributed by atoms with van der Waals surface area (Å²) in [6.07, 6.45) is 1.60. The molecule has 2 N–H and O–H groups in total. The summed E-state index contributed by atoms with van der Waals surface area (Å²) in [7, 11) is 0. The number of ether oxygens (including phenoxy) is 1. The first-order valence-electron chi connectivity index (χ1n) is 7.74. The second kappa shape index (κ2) is 7.48. The minimum absolute atomic E-state index is 0.0804. The number of rotatable bonds is 6. The number of carbonyl (C=O) groups is 1. The van der Waals surface area contributed by atoms with E-state index in [4.69, 9.17) is 9.26 Å². The predicted octanol–water partition coefficient (Wildman–Crippen LogP) is 3.45. The first-order chi connectivity index (χ1) is 12.1. The molecule has 0 aliphatic carbocycles. The molecule has 2 aromatic heterocycles. The molecule has 3 aromatic rings. The van der Waals surface area contributed by atoms with Crippen molar-refractivity contribution in [1.29, 1.82) is 0 Å². The van der Waals surface area contributed by atoms with Gasteiger partial charge in [0.1, 0.15) is 17.3 Å². The number of nitrogens with one attached hydrogen (secondary N) is 2. The van der Waals surface area contributed by atoms with Crippen LogP contribution in [0.3, 0.4) is 0 Å². The Morgan fingerprint density at radius 1 is 1.12 bits per heavy atom. The highest BCUT2D eigenvalue weighted by Crippen LogP contribution is 2.17. The summed E-state index contributed by atoms with van der Waals surface area (Å²) in [6, 6.07) is 12.8. The molecule has 0 saturated carbocycles. The van der Waals surface area contributed by atoms with E-state index < -0.39 is 0 Å². The molecular weight excluding hydrogens is 320 g/mol. The third-order valence-electron chi connectivity index (χ3n) is 3.32. The molecule has 1 amide bonds. The Hall–Kier alpha value is -3.35. The van der Waals surface area contributed by atoms with Crippen LogP contribution >= 0.6 is 0 Å². The lowest BCUT2D eigenvalue weighted by Gasteiger charge is -2.08. The number of amides is 1. The fourth-order valence-corrected chi connectivity index (χ4v) is 2.08. The van der Waals surface area contributed by atoms with Crippen LogP contribution in [0.5, 0.6) is 5.75 Å². The average Bonchev–Trinajstić information content (AvgIpc) is 3.01. The summed E-state index contributed by atoms with van der Waals surface area (Å²) in [5.74, 6) is 2.13. The van der Waals surface area contributed by atoms with Crippen molar-refractivity contribution in [3.63, 3.8) is 0 Å². The number of benzene rings is 1. The third-order valence-corrected chi connectivity index (χ3v) is 3.32. The fourth-order valence-electron chi connectivity index (χ4n) is 2.08. The topological polar surface area (TPSA) is 89.3 Å². The molecule has 2 heterocycles. The lowest BCUT2D eigenvalue weighted by atomic mass is 10.2. The second-order valence-electron chi connectivity index (χ2n) is 5.53. The number of aryl methyl sites for hydroxylation is 2. The number of hydrogen-bond acceptors (Lipinski definition) is 6. The lowest BCUT2D eigenvalue weighted by Crippen LogP contribution is -2.20. The zero-order valence-electron chi connectivity index (χ0n) is 13.9. The average molecular weight is 338 g/mol. The Morgan fingerprint density at radius 3 is 2.56 bits per heavy atom. The summed E-state index contributed by atoms with van der Waals surface area (Å²) in [6.45, 7) is 3.72. The highest BCUT2D eigenvalue weighted by atomic mass is 16.5. The van der Waals surface area contributed by atoms with Crippen LogP contribution in [0, 0.1) is 13.8 Å². The monoisotopic (exact) mass is 338 g/mol. The van der Waals surface area contributed by atoms with Gasteiger partial charge in [0, 0.05) is 6.07 Å². The Kier molecular flexibility index (Phi) is 4.94. The zero-order valence-corrected chi connectivity index (χ0v) is 13.9. The quantitative estimate of drug-likeness (QED) is 0.715. The molecule has 0 fully saturated rings.